The molecule has 1 aliphatic rings. The lowest BCUT2D eigenvalue weighted by molar-refractivity contribution is -0.119. The Labute approximate surface area is 134 Å². The van der Waals surface area contributed by atoms with E-state index in [9.17, 15) is 4.79 Å². The van der Waals surface area contributed by atoms with Crippen molar-refractivity contribution in [1.29, 1.82) is 0 Å². The van der Waals surface area contributed by atoms with Crippen LogP contribution in [0.2, 0.25) is 0 Å². The second kappa shape index (κ2) is 8.08. The maximum Gasteiger partial charge on any atom is 0.230 e. The summed E-state index contributed by atoms with van der Waals surface area (Å²) in [5, 5.41) is 3.20. The fourth-order valence-electron chi connectivity index (χ4n) is 2.67. The first-order chi connectivity index (χ1) is 9.65. The smallest absolute Gasteiger partial charge is 0.230 e. The average Bonchev–Trinajstić information content (AvgIpc) is 2.41. The van der Waals surface area contributed by atoms with Crippen molar-refractivity contribution in [3.05, 3.63) is 34.3 Å². The van der Waals surface area contributed by atoms with Crippen molar-refractivity contribution in [2.24, 2.45) is 5.92 Å². The maximum absolute atomic E-state index is 12.0. The molecular formula is C16H22BrNOS. The van der Waals surface area contributed by atoms with Crippen molar-refractivity contribution >= 4 is 33.6 Å². The third-order valence-corrected chi connectivity index (χ3v) is 5.35. The van der Waals surface area contributed by atoms with Crippen LogP contribution in [-0.2, 0) is 10.5 Å². The molecule has 0 radical (unpaired) electrons. The second-order valence-electron chi connectivity index (χ2n) is 5.56. The molecule has 1 aromatic carbocycles. The highest BCUT2D eigenvalue weighted by molar-refractivity contribution is 9.10. The molecule has 2 atom stereocenters. The van der Waals surface area contributed by atoms with Crippen molar-refractivity contribution in [3.8, 4) is 0 Å². The van der Waals surface area contributed by atoms with Gasteiger partial charge in [0.1, 0.15) is 0 Å². The first-order valence-electron chi connectivity index (χ1n) is 7.26. The van der Waals surface area contributed by atoms with Crippen LogP contribution < -0.4 is 5.32 Å². The van der Waals surface area contributed by atoms with E-state index in [1.807, 2.05) is 12.1 Å². The topological polar surface area (TPSA) is 29.1 Å². The van der Waals surface area contributed by atoms with E-state index in [0.29, 0.717) is 17.7 Å². The summed E-state index contributed by atoms with van der Waals surface area (Å²) in [6, 6.07) is 8.64. The zero-order chi connectivity index (χ0) is 14.4. The molecule has 1 aliphatic carbocycles. The highest BCUT2D eigenvalue weighted by Crippen LogP contribution is 2.24. The summed E-state index contributed by atoms with van der Waals surface area (Å²) in [6.45, 7) is 2.25. The van der Waals surface area contributed by atoms with Gasteiger partial charge in [-0.05, 0) is 36.5 Å². The van der Waals surface area contributed by atoms with E-state index in [4.69, 9.17) is 0 Å². The predicted molar refractivity (Wildman–Crippen MR) is 89.9 cm³/mol. The van der Waals surface area contributed by atoms with Crippen molar-refractivity contribution in [2.75, 3.05) is 5.75 Å². The number of carbonyl (C=O) groups is 1. The van der Waals surface area contributed by atoms with Gasteiger partial charge in [-0.15, -0.1) is 11.8 Å². The lowest BCUT2D eigenvalue weighted by atomic mass is 9.86. The molecule has 0 spiro atoms. The number of rotatable bonds is 5. The Balaban J connectivity index is 1.70. The molecule has 0 heterocycles. The monoisotopic (exact) mass is 355 g/mol. The number of nitrogens with one attached hydrogen (secondary N) is 1. The minimum absolute atomic E-state index is 0.184. The van der Waals surface area contributed by atoms with E-state index < -0.39 is 0 Å². The van der Waals surface area contributed by atoms with Gasteiger partial charge in [-0.2, -0.15) is 0 Å². The summed E-state index contributed by atoms with van der Waals surface area (Å²) in [6.07, 6.45) is 4.95. The summed E-state index contributed by atoms with van der Waals surface area (Å²) in [7, 11) is 0. The van der Waals surface area contributed by atoms with Crippen LogP contribution in [0.25, 0.3) is 0 Å². The summed E-state index contributed by atoms with van der Waals surface area (Å²) in [5.74, 6) is 2.24. The maximum atomic E-state index is 12.0. The van der Waals surface area contributed by atoms with Gasteiger partial charge in [-0.1, -0.05) is 47.8 Å². The lowest BCUT2D eigenvalue weighted by Gasteiger charge is -2.29. The summed E-state index contributed by atoms with van der Waals surface area (Å²) in [5.41, 5.74) is 1.25. The molecule has 0 saturated heterocycles. The molecule has 20 heavy (non-hydrogen) atoms. The van der Waals surface area contributed by atoms with Gasteiger partial charge < -0.3 is 5.32 Å². The first kappa shape index (κ1) is 15.9. The Morgan fingerprint density at radius 3 is 2.95 bits per heavy atom. The van der Waals surface area contributed by atoms with Crippen LogP contribution in [-0.4, -0.2) is 17.7 Å². The van der Waals surface area contributed by atoms with Crippen molar-refractivity contribution < 1.29 is 4.79 Å². The summed E-state index contributed by atoms with van der Waals surface area (Å²) in [4.78, 5) is 12.0. The molecule has 1 amide bonds. The highest BCUT2D eigenvalue weighted by atomic mass is 79.9. The van der Waals surface area contributed by atoms with Crippen LogP contribution in [0.3, 0.4) is 0 Å². The van der Waals surface area contributed by atoms with Crippen molar-refractivity contribution in [2.45, 2.75) is 44.4 Å². The number of benzene rings is 1. The zero-order valence-electron chi connectivity index (χ0n) is 11.9. The Morgan fingerprint density at radius 2 is 2.20 bits per heavy atom. The Hall–Kier alpha value is -0.480. The van der Waals surface area contributed by atoms with E-state index in [-0.39, 0.29) is 5.91 Å². The number of carbonyl (C=O) groups excluding carboxylic acids is 1. The number of hydrogen-bond acceptors (Lipinski definition) is 2. The molecule has 1 aromatic rings. The Kier molecular flexibility index (Phi) is 6.43. The Morgan fingerprint density at radius 1 is 1.40 bits per heavy atom. The molecular weight excluding hydrogens is 334 g/mol. The molecule has 1 saturated carbocycles. The standard InChI is InChI=1S/C16H22BrNOS/c1-12-5-2-3-8-15(12)18-16(19)11-20-10-13-6-4-7-14(17)9-13/h4,6-7,9,12,15H,2-3,5,8,10-11H2,1H3,(H,18,19). The van der Waals surface area contributed by atoms with Gasteiger partial charge in [-0.25, -0.2) is 0 Å². The van der Waals surface area contributed by atoms with Crippen molar-refractivity contribution in [3.63, 3.8) is 0 Å². The van der Waals surface area contributed by atoms with Crippen LogP contribution in [0.4, 0.5) is 0 Å². The van der Waals surface area contributed by atoms with E-state index >= 15 is 0 Å². The molecule has 0 aromatic heterocycles. The van der Waals surface area contributed by atoms with E-state index in [1.54, 1.807) is 11.8 Å². The average molecular weight is 356 g/mol. The number of amides is 1. The third kappa shape index (κ3) is 5.13. The minimum Gasteiger partial charge on any atom is -0.352 e. The summed E-state index contributed by atoms with van der Waals surface area (Å²) < 4.78 is 1.09. The normalized spacial score (nSPS) is 22.5. The highest BCUT2D eigenvalue weighted by Gasteiger charge is 2.22. The SMILES string of the molecule is CC1CCCCC1NC(=O)CSCc1cccc(Br)c1. The molecule has 2 nitrogen and oxygen atoms in total. The van der Waals surface area contributed by atoms with Crippen LogP contribution >= 0.6 is 27.7 Å². The quantitative estimate of drug-likeness (QED) is 0.848. The van der Waals surface area contributed by atoms with Gasteiger partial charge in [0, 0.05) is 16.3 Å². The van der Waals surface area contributed by atoms with E-state index in [2.05, 4.69) is 40.3 Å². The van der Waals surface area contributed by atoms with Crippen molar-refractivity contribution in [1.82, 2.24) is 5.32 Å². The van der Waals surface area contributed by atoms with Gasteiger partial charge in [-0.3, -0.25) is 4.79 Å². The lowest BCUT2D eigenvalue weighted by Crippen LogP contribution is -2.41. The van der Waals surface area contributed by atoms with Crippen LogP contribution in [0.1, 0.15) is 38.2 Å². The first-order valence-corrected chi connectivity index (χ1v) is 9.21. The number of halogens is 1. The molecule has 1 fully saturated rings. The third-order valence-electron chi connectivity index (χ3n) is 3.85. The predicted octanol–water partition coefficient (Wildman–Crippen LogP) is 4.38. The second-order valence-corrected chi connectivity index (χ2v) is 7.46. The molecule has 2 unspecified atom stereocenters. The number of hydrogen-bond donors (Lipinski definition) is 1. The molecule has 0 aliphatic heterocycles. The van der Waals surface area contributed by atoms with Crippen LogP contribution in [0.15, 0.2) is 28.7 Å². The molecule has 1 N–H and O–H groups in total. The number of thioether (sulfide) groups is 1. The summed E-state index contributed by atoms with van der Waals surface area (Å²) >= 11 is 5.15. The molecule has 110 valence electrons. The van der Waals surface area contributed by atoms with Gasteiger partial charge in [0.05, 0.1) is 5.75 Å². The molecule has 4 heteroatoms. The van der Waals surface area contributed by atoms with Gasteiger partial charge in [0.15, 0.2) is 0 Å². The molecule has 0 bridgehead atoms. The zero-order valence-corrected chi connectivity index (χ0v) is 14.3. The van der Waals surface area contributed by atoms with E-state index in [0.717, 1.165) is 16.6 Å². The van der Waals surface area contributed by atoms with Gasteiger partial charge >= 0.3 is 0 Å². The van der Waals surface area contributed by atoms with E-state index in [1.165, 1.54) is 24.8 Å². The largest absolute Gasteiger partial charge is 0.352 e. The van der Waals surface area contributed by atoms with Gasteiger partial charge in [0.2, 0.25) is 5.91 Å². The van der Waals surface area contributed by atoms with Crippen LogP contribution in [0.5, 0.6) is 0 Å². The minimum atomic E-state index is 0.184. The van der Waals surface area contributed by atoms with Gasteiger partial charge in [0.25, 0.3) is 0 Å². The fourth-order valence-corrected chi connectivity index (χ4v) is 3.90. The Bertz CT molecular complexity index is 452. The fraction of sp³-hybridized carbons (Fsp3) is 0.562. The molecule has 2 rings (SSSR count). The van der Waals surface area contributed by atoms with Crippen LogP contribution in [0, 0.1) is 5.92 Å².